The summed E-state index contributed by atoms with van der Waals surface area (Å²) in [6.07, 6.45) is 13.1. The summed E-state index contributed by atoms with van der Waals surface area (Å²) in [5, 5.41) is 4.05. The van der Waals surface area contributed by atoms with E-state index in [2.05, 4.69) is 83.9 Å². The van der Waals surface area contributed by atoms with Gasteiger partial charge in [0.25, 0.3) is 0 Å². The molecule has 0 atom stereocenters. The molecule has 0 fully saturated rings. The van der Waals surface area contributed by atoms with Crippen LogP contribution in [0.1, 0.15) is 22.9 Å². The highest BCUT2D eigenvalue weighted by Crippen LogP contribution is 2.44. The second-order valence-corrected chi connectivity index (χ2v) is 14.7. The summed E-state index contributed by atoms with van der Waals surface area (Å²) in [6, 6.07) is 16.2. The lowest BCUT2D eigenvalue weighted by atomic mass is 9.85. The molecule has 0 saturated carbocycles. The molecule has 10 heteroatoms. The van der Waals surface area contributed by atoms with Gasteiger partial charge in [0, 0.05) is 69.5 Å². The molecule has 0 radical (unpaired) electrons. The summed E-state index contributed by atoms with van der Waals surface area (Å²) < 4.78 is 21.1. The van der Waals surface area contributed by atoms with Crippen LogP contribution in [0.15, 0.2) is 96.5 Å². The Morgan fingerprint density at radius 2 is 1.21 bits per heavy atom. The number of thiazole rings is 3. The highest BCUT2D eigenvalue weighted by Gasteiger charge is 2.22. The average molecular weight is 671 g/mol. The van der Waals surface area contributed by atoms with Gasteiger partial charge in [-0.2, -0.15) is 0 Å². The van der Waals surface area contributed by atoms with E-state index in [-0.39, 0.29) is 5.82 Å². The second kappa shape index (κ2) is 10.8. The molecule has 0 saturated heterocycles. The van der Waals surface area contributed by atoms with Crippen LogP contribution in [0.3, 0.4) is 0 Å². The first-order chi connectivity index (χ1) is 22.9. The first-order valence-electron chi connectivity index (χ1n) is 15.3. The normalized spacial score (nSPS) is 11.9. The van der Waals surface area contributed by atoms with E-state index in [1.54, 1.807) is 46.1 Å². The summed E-state index contributed by atoms with van der Waals surface area (Å²) in [7, 11) is 0. The molecule has 9 aromatic rings. The maximum absolute atomic E-state index is 15.0. The van der Waals surface area contributed by atoms with Crippen LogP contribution in [0.4, 0.5) is 4.39 Å². The Morgan fingerprint density at radius 1 is 0.596 bits per heavy atom. The quantitative estimate of drug-likeness (QED) is 0.177. The van der Waals surface area contributed by atoms with Gasteiger partial charge in [0.15, 0.2) is 14.9 Å². The Bertz CT molecular complexity index is 2540. The SMILES string of the molecule is CCc1cc(-c2ccc(F)cc2-c2cn3ccsc3n2)c(-c2cn3cc(C)sc3n2)cc1-c1cc(C)ccc1-c1cn2ccsc2n1. The minimum Gasteiger partial charge on any atom is -0.297 e. The standard InChI is InChI=1S/C37H27FN6S3/c1-4-23-14-29(25-8-6-24(38)15-30(25)33-19-43-10-12-46-36(43)40-33)31(34-20-44-17-22(3)47-37(44)41-34)16-27(23)28-13-21(2)5-7-26(28)32-18-42-9-11-45-35(42)39-32/h5-20H,4H2,1-3H3. The fourth-order valence-electron chi connectivity index (χ4n) is 6.45. The lowest BCUT2D eigenvalue weighted by Gasteiger charge is -2.19. The van der Waals surface area contributed by atoms with E-state index in [1.807, 2.05) is 34.4 Å². The molecule has 0 spiro atoms. The third-order valence-corrected chi connectivity index (χ3v) is 11.1. The van der Waals surface area contributed by atoms with Crippen molar-refractivity contribution in [3.05, 3.63) is 118 Å². The van der Waals surface area contributed by atoms with E-state index in [4.69, 9.17) is 15.0 Å². The molecular formula is C37H27FN6S3. The fraction of sp³-hybridized carbons (Fsp3) is 0.108. The number of fused-ring (bicyclic) bond motifs is 3. The maximum atomic E-state index is 15.0. The number of halogens is 1. The molecule has 9 rings (SSSR count). The zero-order chi connectivity index (χ0) is 31.8. The number of nitrogens with zero attached hydrogens (tertiary/aromatic N) is 6. The van der Waals surface area contributed by atoms with Crippen LogP contribution in [-0.2, 0) is 6.42 Å². The minimum absolute atomic E-state index is 0.295. The lowest BCUT2D eigenvalue weighted by Crippen LogP contribution is -1.98. The molecule has 3 aromatic carbocycles. The predicted molar refractivity (Wildman–Crippen MR) is 192 cm³/mol. The van der Waals surface area contributed by atoms with Gasteiger partial charge in [-0.3, -0.25) is 13.2 Å². The van der Waals surface area contributed by atoms with Crippen LogP contribution < -0.4 is 0 Å². The Labute approximate surface area is 281 Å². The van der Waals surface area contributed by atoms with Gasteiger partial charge in [0.05, 0.1) is 17.1 Å². The van der Waals surface area contributed by atoms with Gasteiger partial charge >= 0.3 is 0 Å². The maximum Gasteiger partial charge on any atom is 0.194 e. The molecule has 0 aliphatic rings. The van der Waals surface area contributed by atoms with E-state index in [1.165, 1.54) is 16.0 Å². The van der Waals surface area contributed by atoms with Crippen LogP contribution in [0.5, 0.6) is 0 Å². The first-order valence-corrected chi connectivity index (χ1v) is 17.9. The predicted octanol–water partition coefficient (Wildman–Crippen LogP) is 10.5. The fourth-order valence-corrected chi connectivity index (χ4v) is 8.65. The number of aromatic nitrogens is 6. The van der Waals surface area contributed by atoms with Gasteiger partial charge in [-0.1, -0.05) is 36.8 Å². The molecule has 0 unspecified atom stereocenters. The summed E-state index contributed by atoms with van der Waals surface area (Å²) in [5.41, 5.74) is 11.9. The number of imidazole rings is 3. The van der Waals surface area contributed by atoms with Crippen molar-refractivity contribution >= 4 is 48.9 Å². The molecule has 47 heavy (non-hydrogen) atoms. The number of hydrogen-bond donors (Lipinski definition) is 0. The monoisotopic (exact) mass is 670 g/mol. The Hall–Kier alpha value is -4.90. The van der Waals surface area contributed by atoms with Crippen molar-refractivity contribution in [2.45, 2.75) is 27.2 Å². The molecule has 0 amide bonds. The molecule has 0 aliphatic carbocycles. The molecule has 0 aliphatic heterocycles. The van der Waals surface area contributed by atoms with Crippen LogP contribution in [0.2, 0.25) is 0 Å². The van der Waals surface area contributed by atoms with Gasteiger partial charge in [-0.05, 0) is 72.4 Å². The van der Waals surface area contributed by atoms with Crippen molar-refractivity contribution in [1.29, 1.82) is 0 Å². The van der Waals surface area contributed by atoms with Crippen molar-refractivity contribution in [2.75, 3.05) is 0 Å². The zero-order valence-electron chi connectivity index (χ0n) is 25.7. The van der Waals surface area contributed by atoms with Crippen LogP contribution in [0, 0.1) is 19.7 Å². The molecule has 230 valence electrons. The van der Waals surface area contributed by atoms with E-state index >= 15 is 0 Å². The smallest absolute Gasteiger partial charge is 0.194 e. The number of aryl methyl sites for hydroxylation is 3. The summed E-state index contributed by atoms with van der Waals surface area (Å²) in [5.74, 6) is -0.295. The summed E-state index contributed by atoms with van der Waals surface area (Å²) in [6.45, 7) is 6.42. The third kappa shape index (κ3) is 4.74. The van der Waals surface area contributed by atoms with E-state index < -0.39 is 0 Å². The topological polar surface area (TPSA) is 51.9 Å². The van der Waals surface area contributed by atoms with Gasteiger partial charge in [0.1, 0.15) is 5.82 Å². The molecule has 0 N–H and O–H groups in total. The Morgan fingerprint density at radius 3 is 1.89 bits per heavy atom. The Kier molecular flexibility index (Phi) is 6.53. The van der Waals surface area contributed by atoms with Crippen molar-refractivity contribution in [3.63, 3.8) is 0 Å². The van der Waals surface area contributed by atoms with Crippen LogP contribution in [0.25, 0.3) is 70.9 Å². The number of hydrogen-bond acceptors (Lipinski definition) is 6. The van der Waals surface area contributed by atoms with Crippen LogP contribution in [-0.4, -0.2) is 28.2 Å². The zero-order valence-corrected chi connectivity index (χ0v) is 28.2. The van der Waals surface area contributed by atoms with E-state index in [9.17, 15) is 4.39 Å². The van der Waals surface area contributed by atoms with Crippen molar-refractivity contribution < 1.29 is 4.39 Å². The van der Waals surface area contributed by atoms with Gasteiger partial charge in [-0.25, -0.2) is 19.3 Å². The van der Waals surface area contributed by atoms with E-state index in [0.29, 0.717) is 0 Å². The summed E-state index contributed by atoms with van der Waals surface area (Å²) in [4.78, 5) is 19.0. The minimum atomic E-state index is -0.295. The van der Waals surface area contributed by atoms with Crippen molar-refractivity contribution in [2.24, 2.45) is 0 Å². The molecule has 6 heterocycles. The molecule has 0 bridgehead atoms. The first kappa shape index (κ1) is 28.3. The lowest BCUT2D eigenvalue weighted by molar-refractivity contribution is 0.628. The van der Waals surface area contributed by atoms with Gasteiger partial charge < -0.3 is 0 Å². The Balaban J connectivity index is 1.32. The van der Waals surface area contributed by atoms with Gasteiger partial charge in [0.2, 0.25) is 0 Å². The molecular weight excluding hydrogens is 644 g/mol. The highest BCUT2D eigenvalue weighted by molar-refractivity contribution is 7.17. The second-order valence-electron chi connectivity index (χ2n) is 11.7. The molecule has 6 aromatic heterocycles. The largest absolute Gasteiger partial charge is 0.297 e. The number of benzene rings is 3. The van der Waals surface area contributed by atoms with E-state index in [0.717, 1.165) is 77.3 Å². The third-order valence-electron chi connectivity index (χ3n) is 8.65. The van der Waals surface area contributed by atoms with Crippen molar-refractivity contribution in [3.8, 4) is 56.0 Å². The van der Waals surface area contributed by atoms with Crippen LogP contribution >= 0.6 is 34.0 Å². The van der Waals surface area contributed by atoms with Crippen molar-refractivity contribution in [1.82, 2.24) is 28.2 Å². The van der Waals surface area contributed by atoms with Gasteiger partial charge in [-0.15, -0.1) is 34.0 Å². The number of rotatable bonds is 6. The highest BCUT2D eigenvalue weighted by atomic mass is 32.1. The summed E-state index contributed by atoms with van der Waals surface area (Å²) >= 11 is 4.86. The molecule has 6 nitrogen and oxygen atoms in total. The average Bonchev–Trinajstić information content (AvgIpc) is 3.89.